The first kappa shape index (κ1) is 14.6. The van der Waals surface area contributed by atoms with Gasteiger partial charge in [-0.3, -0.25) is 4.79 Å². The molecular weight excluding hydrogens is 254 g/mol. The van der Waals surface area contributed by atoms with E-state index in [0.717, 1.165) is 12.8 Å². The fourth-order valence-electron chi connectivity index (χ4n) is 2.84. The van der Waals surface area contributed by atoms with Crippen LogP contribution >= 0.6 is 0 Å². The molecule has 20 heavy (non-hydrogen) atoms. The minimum Gasteiger partial charge on any atom is -0.478 e. The number of hydrogen-bond donors (Lipinski definition) is 2. The van der Waals surface area contributed by atoms with Gasteiger partial charge in [0, 0.05) is 11.6 Å². The number of carbonyl (C=O) groups excluding carboxylic acids is 1. The quantitative estimate of drug-likeness (QED) is 0.887. The average Bonchev–Trinajstić information content (AvgIpc) is 2.48. The highest BCUT2D eigenvalue weighted by Gasteiger charge is 2.22. The van der Waals surface area contributed by atoms with E-state index in [0.29, 0.717) is 11.5 Å². The average molecular weight is 275 g/mol. The Hall–Kier alpha value is -1.84. The molecule has 2 N–H and O–H groups in total. The summed E-state index contributed by atoms with van der Waals surface area (Å²) in [6, 6.07) is 6.30. The molecule has 0 aliphatic heterocycles. The SMILES string of the molecule is CC(NC(=O)c1cccc(C(=O)O)c1)C1CCCCC1. The third-order valence-corrected chi connectivity index (χ3v) is 4.09. The molecule has 0 radical (unpaired) electrons. The Balaban J connectivity index is 2.00. The normalized spacial score (nSPS) is 17.4. The van der Waals surface area contributed by atoms with Crippen LogP contribution in [0.2, 0.25) is 0 Å². The fourth-order valence-corrected chi connectivity index (χ4v) is 2.84. The molecular formula is C16H21NO3. The lowest BCUT2D eigenvalue weighted by Gasteiger charge is -2.28. The van der Waals surface area contributed by atoms with Gasteiger partial charge < -0.3 is 10.4 Å². The molecule has 2 rings (SSSR count). The number of benzene rings is 1. The van der Waals surface area contributed by atoms with Crippen molar-refractivity contribution in [3.05, 3.63) is 35.4 Å². The van der Waals surface area contributed by atoms with Gasteiger partial charge in [-0.25, -0.2) is 4.79 Å². The smallest absolute Gasteiger partial charge is 0.335 e. The van der Waals surface area contributed by atoms with E-state index in [-0.39, 0.29) is 17.5 Å². The van der Waals surface area contributed by atoms with Gasteiger partial charge in [0.25, 0.3) is 5.91 Å². The molecule has 0 aromatic heterocycles. The van der Waals surface area contributed by atoms with E-state index in [2.05, 4.69) is 5.32 Å². The maximum absolute atomic E-state index is 12.2. The molecule has 0 bridgehead atoms. The van der Waals surface area contributed by atoms with Crippen LogP contribution in [0.4, 0.5) is 0 Å². The van der Waals surface area contributed by atoms with Crippen LogP contribution < -0.4 is 5.32 Å². The van der Waals surface area contributed by atoms with Gasteiger partial charge in [-0.2, -0.15) is 0 Å². The van der Waals surface area contributed by atoms with Crippen molar-refractivity contribution >= 4 is 11.9 Å². The first-order valence-electron chi connectivity index (χ1n) is 7.22. The first-order chi connectivity index (χ1) is 9.58. The summed E-state index contributed by atoms with van der Waals surface area (Å²) in [4.78, 5) is 23.1. The summed E-state index contributed by atoms with van der Waals surface area (Å²) < 4.78 is 0. The number of aromatic carboxylic acids is 1. The lowest BCUT2D eigenvalue weighted by molar-refractivity contribution is 0.0697. The summed E-state index contributed by atoms with van der Waals surface area (Å²) in [5, 5.41) is 11.9. The van der Waals surface area contributed by atoms with E-state index >= 15 is 0 Å². The second-order valence-corrected chi connectivity index (χ2v) is 5.55. The van der Waals surface area contributed by atoms with Crippen molar-refractivity contribution in [1.82, 2.24) is 5.32 Å². The van der Waals surface area contributed by atoms with Gasteiger partial charge in [-0.1, -0.05) is 25.3 Å². The molecule has 0 saturated heterocycles. The van der Waals surface area contributed by atoms with Crippen molar-refractivity contribution in [1.29, 1.82) is 0 Å². The van der Waals surface area contributed by atoms with E-state index in [1.807, 2.05) is 6.92 Å². The Morgan fingerprint density at radius 2 is 1.85 bits per heavy atom. The highest BCUT2D eigenvalue weighted by atomic mass is 16.4. The van der Waals surface area contributed by atoms with Crippen molar-refractivity contribution in [2.45, 2.75) is 45.1 Å². The standard InChI is InChI=1S/C16H21NO3/c1-11(12-6-3-2-4-7-12)17-15(18)13-8-5-9-14(10-13)16(19)20/h5,8-12H,2-4,6-7H2,1H3,(H,17,18)(H,19,20). The molecule has 0 spiro atoms. The molecule has 1 fully saturated rings. The minimum atomic E-state index is -1.01. The predicted octanol–water partition coefficient (Wildman–Crippen LogP) is 3.08. The third-order valence-electron chi connectivity index (χ3n) is 4.09. The number of carboxylic acid groups (broad SMARTS) is 1. The molecule has 1 aromatic rings. The van der Waals surface area contributed by atoms with Crippen LogP contribution in [0.25, 0.3) is 0 Å². The number of carbonyl (C=O) groups is 2. The van der Waals surface area contributed by atoms with Crippen LogP contribution in [0.1, 0.15) is 59.7 Å². The largest absolute Gasteiger partial charge is 0.478 e. The molecule has 108 valence electrons. The highest BCUT2D eigenvalue weighted by Crippen LogP contribution is 2.26. The fraction of sp³-hybridized carbons (Fsp3) is 0.500. The summed E-state index contributed by atoms with van der Waals surface area (Å²) in [6.07, 6.45) is 6.09. The van der Waals surface area contributed by atoms with Gasteiger partial charge in [0.1, 0.15) is 0 Å². The van der Waals surface area contributed by atoms with Crippen molar-refractivity contribution in [3.8, 4) is 0 Å². The first-order valence-corrected chi connectivity index (χ1v) is 7.22. The summed E-state index contributed by atoms with van der Waals surface area (Å²) in [5.41, 5.74) is 0.551. The Labute approximate surface area is 119 Å². The lowest BCUT2D eigenvalue weighted by Crippen LogP contribution is -2.38. The summed E-state index contributed by atoms with van der Waals surface area (Å²) in [5.74, 6) is -0.665. The molecule has 1 aromatic carbocycles. The second kappa shape index (κ2) is 6.55. The van der Waals surface area contributed by atoms with Crippen molar-refractivity contribution in [2.24, 2.45) is 5.92 Å². The number of rotatable bonds is 4. The van der Waals surface area contributed by atoms with Gasteiger partial charge in [0.05, 0.1) is 5.56 Å². The van der Waals surface area contributed by atoms with E-state index in [9.17, 15) is 9.59 Å². The predicted molar refractivity (Wildman–Crippen MR) is 76.9 cm³/mol. The van der Waals surface area contributed by atoms with Gasteiger partial charge in [0.2, 0.25) is 0 Å². The number of nitrogens with one attached hydrogen (secondary N) is 1. The monoisotopic (exact) mass is 275 g/mol. The zero-order valence-electron chi connectivity index (χ0n) is 11.8. The molecule has 4 nitrogen and oxygen atoms in total. The molecule has 1 aliphatic carbocycles. The van der Waals surface area contributed by atoms with E-state index in [4.69, 9.17) is 5.11 Å². The van der Waals surface area contributed by atoms with Crippen molar-refractivity contribution in [2.75, 3.05) is 0 Å². The van der Waals surface area contributed by atoms with E-state index < -0.39 is 5.97 Å². The summed E-state index contributed by atoms with van der Waals surface area (Å²) >= 11 is 0. The second-order valence-electron chi connectivity index (χ2n) is 5.55. The third kappa shape index (κ3) is 3.59. The summed E-state index contributed by atoms with van der Waals surface area (Å²) in [6.45, 7) is 2.04. The van der Waals surface area contributed by atoms with Crippen molar-refractivity contribution < 1.29 is 14.7 Å². The molecule has 4 heteroatoms. The molecule has 1 saturated carbocycles. The number of amides is 1. The minimum absolute atomic E-state index is 0.135. The van der Waals surface area contributed by atoms with Crippen LogP contribution in [0.5, 0.6) is 0 Å². The summed E-state index contributed by atoms with van der Waals surface area (Å²) in [7, 11) is 0. The molecule has 1 atom stereocenters. The maximum Gasteiger partial charge on any atom is 0.335 e. The Bertz CT molecular complexity index is 492. The lowest BCUT2D eigenvalue weighted by atomic mass is 9.84. The van der Waals surface area contributed by atoms with Crippen LogP contribution in [-0.4, -0.2) is 23.0 Å². The zero-order valence-corrected chi connectivity index (χ0v) is 11.8. The van der Waals surface area contributed by atoms with Crippen LogP contribution in [-0.2, 0) is 0 Å². The highest BCUT2D eigenvalue weighted by molar-refractivity contribution is 5.97. The maximum atomic E-state index is 12.2. The number of hydrogen-bond acceptors (Lipinski definition) is 2. The Kier molecular flexibility index (Phi) is 4.77. The van der Waals surface area contributed by atoms with Gasteiger partial charge in [0.15, 0.2) is 0 Å². The van der Waals surface area contributed by atoms with Gasteiger partial charge >= 0.3 is 5.97 Å². The Morgan fingerprint density at radius 3 is 2.50 bits per heavy atom. The molecule has 1 aliphatic rings. The topological polar surface area (TPSA) is 66.4 Å². The Morgan fingerprint density at radius 1 is 1.20 bits per heavy atom. The van der Waals surface area contributed by atoms with Crippen LogP contribution in [0, 0.1) is 5.92 Å². The zero-order chi connectivity index (χ0) is 14.5. The van der Waals surface area contributed by atoms with Gasteiger partial charge in [-0.05, 0) is 43.9 Å². The number of carboxylic acids is 1. The van der Waals surface area contributed by atoms with E-state index in [1.54, 1.807) is 12.1 Å². The van der Waals surface area contributed by atoms with Crippen molar-refractivity contribution in [3.63, 3.8) is 0 Å². The van der Waals surface area contributed by atoms with Gasteiger partial charge in [-0.15, -0.1) is 0 Å². The molecule has 1 amide bonds. The van der Waals surface area contributed by atoms with E-state index in [1.165, 1.54) is 31.4 Å². The van der Waals surface area contributed by atoms with Crippen LogP contribution in [0.3, 0.4) is 0 Å². The molecule has 1 unspecified atom stereocenters. The molecule has 0 heterocycles. The van der Waals surface area contributed by atoms with Crippen LogP contribution in [0.15, 0.2) is 24.3 Å².